The minimum Gasteiger partial charge on any atom is -0.501 e. The van der Waals surface area contributed by atoms with Gasteiger partial charge < -0.3 is 4.74 Å². The monoisotopic (exact) mass is 174 g/mol. The Bertz CT molecular complexity index is 197. The Kier molecular flexibility index (Phi) is 5.47. The van der Waals surface area contributed by atoms with Crippen LogP contribution in [0, 0.1) is 0 Å². The zero-order valence-corrected chi connectivity index (χ0v) is 7.59. The fourth-order valence-corrected chi connectivity index (χ4v) is 0.601. The van der Waals surface area contributed by atoms with Gasteiger partial charge in [-0.1, -0.05) is 11.6 Å². The van der Waals surface area contributed by atoms with Crippen molar-refractivity contribution < 1.29 is 4.74 Å². The van der Waals surface area contributed by atoms with Gasteiger partial charge in [-0.3, -0.25) is 0 Å². The van der Waals surface area contributed by atoms with Crippen molar-refractivity contribution in [1.82, 2.24) is 0 Å². The maximum absolute atomic E-state index is 5.68. The van der Waals surface area contributed by atoms with Gasteiger partial charge in [-0.25, -0.2) is 0 Å². The number of rotatable bonds is 3. The number of nitrogens with zero attached hydrogens (tertiary/aromatic N) is 2. The van der Waals surface area contributed by atoms with Gasteiger partial charge in [-0.05, 0) is 13.0 Å². The van der Waals surface area contributed by atoms with E-state index in [-0.39, 0.29) is 0 Å². The fourth-order valence-electron chi connectivity index (χ4n) is 0.403. The molecule has 0 rings (SSSR count). The molecule has 0 radical (unpaired) electrons. The van der Waals surface area contributed by atoms with E-state index in [2.05, 4.69) is 10.2 Å². The highest BCUT2D eigenvalue weighted by atomic mass is 35.5. The van der Waals surface area contributed by atoms with Gasteiger partial charge in [0.1, 0.15) is 0 Å². The summed E-state index contributed by atoms with van der Waals surface area (Å²) in [4.78, 5) is 0. The van der Waals surface area contributed by atoms with E-state index < -0.39 is 0 Å². The molecule has 0 aromatic rings. The highest BCUT2D eigenvalue weighted by molar-refractivity contribution is 6.31. The molecule has 0 aliphatic carbocycles. The second-order valence-corrected chi connectivity index (χ2v) is 2.23. The third kappa shape index (κ3) is 5.61. The predicted molar refractivity (Wildman–Crippen MR) is 45.5 cm³/mol. The molecule has 0 aromatic carbocycles. The van der Waals surface area contributed by atoms with E-state index in [4.69, 9.17) is 16.3 Å². The van der Waals surface area contributed by atoms with E-state index in [9.17, 15) is 0 Å². The van der Waals surface area contributed by atoms with Crippen molar-refractivity contribution in [1.29, 1.82) is 0 Å². The molecule has 0 unspecified atom stereocenters. The van der Waals surface area contributed by atoms with Crippen molar-refractivity contribution in [2.45, 2.75) is 6.92 Å². The van der Waals surface area contributed by atoms with Crippen LogP contribution < -0.4 is 0 Å². The Labute approximate surface area is 71.4 Å². The van der Waals surface area contributed by atoms with Crippen molar-refractivity contribution in [3.8, 4) is 0 Å². The lowest BCUT2D eigenvalue weighted by molar-refractivity contribution is 0.293. The Morgan fingerprint density at radius 2 is 2.18 bits per heavy atom. The van der Waals surface area contributed by atoms with Gasteiger partial charge in [0.15, 0.2) is 0 Å². The van der Waals surface area contributed by atoms with Crippen molar-refractivity contribution >= 4 is 11.6 Å². The highest BCUT2D eigenvalue weighted by Crippen LogP contribution is 2.07. The summed E-state index contributed by atoms with van der Waals surface area (Å²) in [5, 5.41) is 7.59. The van der Waals surface area contributed by atoms with Gasteiger partial charge in [0.25, 0.3) is 0 Å². The number of hydrogen-bond donors (Lipinski definition) is 0. The van der Waals surface area contributed by atoms with Crippen LogP contribution >= 0.6 is 11.6 Å². The first kappa shape index (κ1) is 10.2. The molecule has 0 amide bonds. The van der Waals surface area contributed by atoms with E-state index in [0.717, 1.165) is 5.76 Å². The molecule has 0 spiro atoms. The summed E-state index contributed by atoms with van der Waals surface area (Å²) in [6.45, 7) is 1.80. The van der Waals surface area contributed by atoms with Crippen LogP contribution in [0.15, 0.2) is 33.3 Å². The quantitative estimate of drug-likeness (QED) is 0.368. The molecule has 0 aliphatic heterocycles. The maximum atomic E-state index is 5.68. The summed E-state index contributed by atoms with van der Waals surface area (Å²) >= 11 is 5.68. The molecule has 0 heterocycles. The zero-order valence-electron chi connectivity index (χ0n) is 6.84. The number of methoxy groups -OCH3 is 1. The first-order valence-electron chi connectivity index (χ1n) is 3.07. The molecule has 11 heavy (non-hydrogen) atoms. The molecule has 0 N–H and O–H groups in total. The lowest BCUT2D eigenvalue weighted by atomic mass is 10.4. The van der Waals surface area contributed by atoms with E-state index in [1.807, 2.05) is 0 Å². The van der Waals surface area contributed by atoms with Gasteiger partial charge >= 0.3 is 0 Å². The normalized spacial score (nSPS) is 14.2. The van der Waals surface area contributed by atoms with Crippen LogP contribution in [0.1, 0.15) is 6.92 Å². The molecule has 0 bridgehead atoms. The van der Waals surface area contributed by atoms with Crippen molar-refractivity contribution in [2.75, 3.05) is 14.2 Å². The number of ether oxygens (including phenoxy) is 1. The molecule has 62 valence electrons. The van der Waals surface area contributed by atoms with Gasteiger partial charge in [-0.15, -0.1) is 0 Å². The topological polar surface area (TPSA) is 34.0 Å². The Balaban J connectivity index is 4.14. The Morgan fingerprint density at radius 1 is 1.55 bits per heavy atom. The second-order valence-electron chi connectivity index (χ2n) is 1.79. The van der Waals surface area contributed by atoms with Crippen LogP contribution in [0.5, 0.6) is 0 Å². The zero-order chi connectivity index (χ0) is 8.69. The summed E-state index contributed by atoms with van der Waals surface area (Å²) in [6.07, 6.45) is 3.11. The summed E-state index contributed by atoms with van der Waals surface area (Å²) in [7, 11) is 3.16. The predicted octanol–water partition coefficient (Wildman–Crippen LogP) is 2.70. The van der Waals surface area contributed by atoms with Crippen LogP contribution in [0.2, 0.25) is 0 Å². The van der Waals surface area contributed by atoms with E-state index in [1.54, 1.807) is 27.2 Å². The van der Waals surface area contributed by atoms with Crippen molar-refractivity contribution in [3.63, 3.8) is 0 Å². The van der Waals surface area contributed by atoms with Crippen molar-refractivity contribution in [2.24, 2.45) is 10.2 Å². The summed E-state index contributed by atoms with van der Waals surface area (Å²) in [5.74, 6) is 0.734. The number of allylic oxidation sites excluding steroid dienone is 3. The third-order valence-electron chi connectivity index (χ3n) is 0.960. The van der Waals surface area contributed by atoms with E-state index >= 15 is 0 Å². The number of halogens is 1. The van der Waals surface area contributed by atoms with Crippen LogP contribution in [0.25, 0.3) is 0 Å². The van der Waals surface area contributed by atoms with Crippen LogP contribution in [0.4, 0.5) is 0 Å². The molecular formula is C7H11ClN2O. The largest absolute Gasteiger partial charge is 0.501 e. The molecule has 0 atom stereocenters. The average molecular weight is 175 g/mol. The maximum Gasteiger partial charge on any atom is 0.0939 e. The molecule has 3 nitrogen and oxygen atoms in total. The third-order valence-corrected chi connectivity index (χ3v) is 1.17. The Morgan fingerprint density at radius 3 is 2.64 bits per heavy atom. The summed E-state index contributed by atoms with van der Waals surface area (Å²) in [6, 6.07) is 0. The van der Waals surface area contributed by atoms with Gasteiger partial charge in [0, 0.05) is 7.05 Å². The van der Waals surface area contributed by atoms with Crippen molar-refractivity contribution in [3.05, 3.63) is 23.1 Å². The molecular weight excluding hydrogens is 164 g/mol. The van der Waals surface area contributed by atoms with Crippen LogP contribution in [0.3, 0.4) is 0 Å². The first-order valence-corrected chi connectivity index (χ1v) is 3.45. The molecule has 0 saturated heterocycles. The van der Waals surface area contributed by atoms with Gasteiger partial charge in [0.05, 0.1) is 24.1 Å². The number of azo groups is 1. The fraction of sp³-hybridized carbons (Fsp3) is 0.429. The van der Waals surface area contributed by atoms with E-state index in [1.165, 1.54) is 6.20 Å². The highest BCUT2D eigenvalue weighted by Gasteiger charge is 1.87. The molecule has 4 heteroatoms. The summed E-state index contributed by atoms with van der Waals surface area (Å²) < 4.78 is 4.86. The SMILES string of the molecule is C\N=N/C=C(Cl)\C=C(\C)OC. The second kappa shape index (κ2) is 5.92. The average Bonchev–Trinajstić information content (AvgIpc) is 2.00. The number of hydrogen-bond acceptors (Lipinski definition) is 3. The summed E-state index contributed by atoms with van der Waals surface area (Å²) in [5.41, 5.74) is 0. The lowest BCUT2D eigenvalue weighted by Crippen LogP contribution is -1.77. The van der Waals surface area contributed by atoms with Gasteiger partial charge in [-0.2, -0.15) is 10.2 Å². The smallest absolute Gasteiger partial charge is 0.0939 e. The van der Waals surface area contributed by atoms with Crippen LogP contribution in [-0.2, 0) is 4.74 Å². The minimum absolute atomic E-state index is 0.495. The molecule has 0 aliphatic rings. The molecule has 0 aromatic heterocycles. The van der Waals surface area contributed by atoms with Gasteiger partial charge in [0.2, 0.25) is 0 Å². The standard InChI is InChI=1S/C7H11ClN2O/c1-6(11-3)4-7(8)5-10-9-2/h4-5H,1-3H3/b6-4-,7-5+,10-9-. The first-order chi connectivity index (χ1) is 5.20. The molecule has 0 saturated carbocycles. The van der Waals surface area contributed by atoms with E-state index in [0.29, 0.717) is 5.03 Å². The lowest BCUT2D eigenvalue weighted by Gasteiger charge is -1.95. The molecule has 0 fully saturated rings. The Hall–Kier alpha value is -0.830. The minimum atomic E-state index is 0.495. The van der Waals surface area contributed by atoms with Crippen LogP contribution in [-0.4, -0.2) is 14.2 Å².